The van der Waals surface area contributed by atoms with Crippen molar-refractivity contribution < 1.29 is 9.59 Å². The highest BCUT2D eigenvalue weighted by Crippen LogP contribution is 2.29. The zero-order chi connectivity index (χ0) is 19.7. The van der Waals surface area contributed by atoms with E-state index in [2.05, 4.69) is 20.7 Å². The Morgan fingerprint density at radius 1 is 1.25 bits per heavy atom. The summed E-state index contributed by atoms with van der Waals surface area (Å²) in [6.45, 7) is 0.941. The molecule has 2 aliphatic rings. The number of aryl methyl sites for hydroxylation is 1. The molecule has 1 aliphatic heterocycles. The van der Waals surface area contributed by atoms with Crippen LogP contribution < -0.4 is 16.2 Å². The van der Waals surface area contributed by atoms with Crippen LogP contribution in [0.5, 0.6) is 0 Å². The highest BCUT2D eigenvalue weighted by Gasteiger charge is 2.26. The van der Waals surface area contributed by atoms with Gasteiger partial charge in [-0.2, -0.15) is 5.10 Å². The van der Waals surface area contributed by atoms with Gasteiger partial charge in [0.2, 0.25) is 0 Å². The Morgan fingerprint density at radius 2 is 2.04 bits per heavy atom. The summed E-state index contributed by atoms with van der Waals surface area (Å²) < 4.78 is 1.15. The average Bonchev–Trinajstić information content (AvgIpc) is 3.31. The Hall–Kier alpha value is -2.75. The van der Waals surface area contributed by atoms with Gasteiger partial charge in [0.1, 0.15) is 5.69 Å². The number of hydrogen-bond donors (Lipinski definition) is 2. The first-order chi connectivity index (χ1) is 13.5. The molecule has 9 nitrogen and oxygen atoms in total. The lowest BCUT2D eigenvalue weighted by Crippen LogP contribution is -2.37. The number of carbonyl (C=O) groups excluding carboxylic acids is 2. The second-order valence-electron chi connectivity index (χ2n) is 7.13. The largest absolute Gasteiger partial charge is 0.335 e. The molecular formula is C18H22N6O3S. The van der Waals surface area contributed by atoms with E-state index < -0.39 is 0 Å². The second kappa shape index (κ2) is 7.70. The number of urea groups is 1. The third-order valence-corrected chi connectivity index (χ3v) is 6.11. The molecule has 0 radical (unpaired) electrons. The first-order valence-electron chi connectivity index (χ1n) is 9.39. The van der Waals surface area contributed by atoms with E-state index in [0.29, 0.717) is 24.6 Å². The molecule has 3 heterocycles. The van der Waals surface area contributed by atoms with Gasteiger partial charge in [-0.25, -0.2) is 14.5 Å². The van der Waals surface area contributed by atoms with E-state index in [9.17, 15) is 14.4 Å². The van der Waals surface area contributed by atoms with Crippen LogP contribution in [0.4, 0.5) is 9.93 Å². The minimum Gasteiger partial charge on any atom is -0.335 e. The zero-order valence-electron chi connectivity index (χ0n) is 15.6. The molecule has 2 aromatic heterocycles. The molecule has 3 amide bonds. The van der Waals surface area contributed by atoms with Gasteiger partial charge in [-0.15, -0.1) is 0 Å². The van der Waals surface area contributed by atoms with E-state index in [1.54, 1.807) is 4.90 Å². The number of nitrogens with zero attached hydrogens (tertiary/aromatic N) is 4. The van der Waals surface area contributed by atoms with Crippen molar-refractivity contribution in [2.75, 3.05) is 11.9 Å². The lowest BCUT2D eigenvalue weighted by molar-refractivity contribution is 0.0727. The predicted octanol–water partition coefficient (Wildman–Crippen LogP) is 1.50. The number of amides is 3. The summed E-state index contributed by atoms with van der Waals surface area (Å²) in [5, 5.41) is 10.4. The minimum absolute atomic E-state index is 0.219. The third kappa shape index (κ3) is 3.91. The van der Waals surface area contributed by atoms with Gasteiger partial charge < -0.3 is 10.2 Å². The topological polar surface area (TPSA) is 109 Å². The summed E-state index contributed by atoms with van der Waals surface area (Å²) in [5.41, 5.74) is 0.898. The van der Waals surface area contributed by atoms with E-state index in [0.717, 1.165) is 40.9 Å². The number of nitrogens with one attached hydrogen (secondary N) is 2. The Morgan fingerprint density at radius 3 is 2.79 bits per heavy atom. The quantitative estimate of drug-likeness (QED) is 0.809. The SMILES string of the molecule is Cn1nc(C(=O)N2CCc3nc(NC(=O)NC4CCCC4)sc3C2)ccc1=O. The number of anilines is 1. The molecule has 2 aromatic rings. The maximum atomic E-state index is 12.7. The van der Waals surface area contributed by atoms with Crippen molar-refractivity contribution in [2.45, 2.75) is 44.7 Å². The van der Waals surface area contributed by atoms with Crippen LogP contribution in [0.25, 0.3) is 0 Å². The molecule has 1 saturated carbocycles. The summed E-state index contributed by atoms with van der Waals surface area (Å²) >= 11 is 1.39. The molecule has 1 aliphatic carbocycles. The molecule has 0 unspecified atom stereocenters. The lowest BCUT2D eigenvalue weighted by atomic mass is 10.1. The fraction of sp³-hybridized carbons (Fsp3) is 0.500. The first kappa shape index (κ1) is 18.6. The van der Waals surface area contributed by atoms with Crippen LogP contribution in [0.15, 0.2) is 16.9 Å². The van der Waals surface area contributed by atoms with Crippen LogP contribution in [-0.4, -0.2) is 44.2 Å². The van der Waals surface area contributed by atoms with Crippen LogP contribution in [0.3, 0.4) is 0 Å². The van der Waals surface area contributed by atoms with Gasteiger partial charge in [0.25, 0.3) is 11.5 Å². The zero-order valence-corrected chi connectivity index (χ0v) is 16.4. The number of rotatable bonds is 3. The second-order valence-corrected chi connectivity index (χ2v) is 8.21. The minimum atomic E-state index is -0.258. The molecule has 10 heteroatoms. The van der Waals surface area contributed by atoms with Crippen LogP contribution in [0.1, 0.15) is 46.7 Å². The normalized spacial score (nSPS) is 16.7. The van der Waals surface area contributed by atoms with E-state index in [1.165, 1.54) is 30.5 Å². The van der Waals surface area contributed by atoms with Crippen LogP contribution in [0, 0.1) is 0 Å². The Balaban J connectivity index is 1.41. The number of hydrogen-bond acceptors (Lipinski definition) is 6. The predicted molar refractivity (Wildman–Crippen MR) is 104 cm³/mol. The fourth-order valence-corrected chi connectivity index (χ4v) is 4.61. The molecule has 4 rings (SSSR count). The van der Waals surface area contributed by atoms with Gasteiger partial charge >= 0.3 is 6.03 Å². The molecule has 148 valence electrons. The fourth-order valence-electron chi connectivity index (χ4n) is 3.59. The molecule has 0 atom stereocenters. The third-order valence-electron chi connectivity index (χ3n) is 5.11. The number of thiazole rings is 1. The van der Waals surface area contributed by atoms with E-state index in [4.69, 9.17) is 0 Å². The van der Waals surface area contributed by atoms with Gasteiger partial charge in [0.15, 0.2) is 5.13 Å². The van der Waals surface area contributed by atoms with Crippen LogP contribution in [0.2, 0.25) is 0 Å². The molecule has 0 saturated heterocycles. The lowest BCUT2D eigenvalue weighted by Gasteiger charge is -2.25. The van der Waals surface area contributed by atoms with Crippen LogP contribution >= 0.6 is 11.3 Å². The molecule has 1 fully saturated rings. The van der Waals surface area contributed by atoms with Crippen molar-refractivity contribution in [1.29, 1.82) is 0 Å². The Labute approximate surface area is 165 Å². The highest BCUT2D eigenvalue weighted by molar-refractivity contribution is 7.15. The number of fused-ring (bicyclic) bond motifs is 1. The maximum Gasteiger partial charge on any atom is 0.321 e. The van der Waals surface area contributed by atoms with Gasteiger partial charge in [0.05, 0.1) is 12.2 Å². The smallest absolute Gasteiger partial charge is 0.321 e. The average molecular weight is 402 g/mol. The molecule has 0 aromatic carbocycles. The van der Waals surface area contributed by atoms with E-state index in [-0.39, 0.29) is 29.2 Å². The molecule has 2 N–H and O–H groups in total. The van der Waals surface area contributed by atoms with Crippen LogP contribution in [-0.2, 0) is 20.0 Å². The maximum absolute atomic E-state index is 12.7. The molecule has 28 heavy (non-hydrogen) atoms. The Bertz CT molecular complexity index is 962. The monoisotopic (exact) mass is 402 g/mol. The standard InChI is InChI=1S/C18H22N6O3S/c1-23-15(25)7-6-13(22-23)16(26)24-9-8-12-14(10-24)28-18(20-12)21-17(27)19-11-4-2-3-5-11/h6-7,11H,2-5,8-10H2,1H3,(H2,19,20,21,27). The summed E-state index contributed by atoms with van der Waals surface area (Å²) in [6.07, 6.45) is 4.99. The van der Waals surface area contributed by atoms with Crippen molar-refractivity contribution >= 4 is 28.4 Å². The van der Waals surface area contributed by atoms with Gasteiger partial charge in [-0.3, -0.25) is 14.9 Å². The van der Waals surface area contributed by atoms with Crippen molar-refractivity contribution in [3.63, 3.8) is 0 Å². The molecule has 0 spiro atoms. The van der Waals surface area contributed by atoms with Crippen molar-refractivity contribution in [1.82, 2.24) is 25.0 Å². The van der Waals surface area contributed by atoms with Gasteiger partial charge in [-0.05, 0) is 18.9 Å². The number of aromatic nitrogens is 3. The van der Waals surface area contributed by atoms with Crippen molar-refractivity contribution in [3.05, 3.63) is 38.8 Å². The van der Waals surface area contributed by atoms with E-state index >= 15 is 0 Å². The first-order valence-corrected chi connectivity index (χ1v) is 10.2. The van der Waals surface area contributed by atoms with Crippen molar-refractivity contribution in [3.8, 4) is 0 Å². The molecule has 0 bridgehead atoms. The number of carbonyl (C=O) groups is 2. The van der Waals surface area contributed by atoms with Gasteiger partial charge in [0, 0.05) is 37.0 Å². The Kier molecular flexibility index (Phi) is 5.12. The summed E-state index contributed by atoms with van der Waals surface area (Å²) in [5.74, 6) is -0.219. The molecular weight excluding hydrogens is 380 g/mol. The summed E-state index contributed by atoms with van der Waals surface area (Å²) in [6, 6.07) is 2.82. The highest BCUT2D eigenvalue weighted by atomic mass is 32.1. The summed E-state index contributed by atoms with van der Waals surface area (Å²) in [7, 11) is 1.52. The van der Waals surface area contributed by atoms with Gasteiger partial charge in [-0.1, -0.05) is 24.2 Å². The summed E-state index contributed by atoms with van der Waals surface area (Å²) in [4.78, 5) is 43.5. The van der Waals surface area contributed by atoms with E-state index in [1.807, 2.05) is 0 Å². The van der Waals surface area contributed by atoms with Crippen molar-refractivity contribution in [2.24, 2.45) is 7.05 Å².